The Kier molecular flexibility index (Phi) is 3.87. The smallest absolute Gasteiger partial charge is 0.106 e. The van der Waals surface area contributed by atoms with Gasteiger partial charge in [-0.25, -0.2) is 0 Å². The first-order chi connectivity index (χ1) is 8.63. The molecule has 3 fully saturated rings. The van der Waals surface area contributed by atoms with Crippen LogP contribution in [0.2, 0.25) is 0 Å². The van der Waals surface area contributed by atoms with Crippen LogP contribution in [0.3, 0.4) is 0 Å². The van der Waals surface area contributed by atoms with Gasteiger partial charge in [0.15, 0.2) is 0 Å². The van der Waals surface area contributed by atoms with E-state index in [1.165, 1.54) is 12.8 Å². The third kappa shape index (κ3) is 2.56. The summed E-state index contributed by atoms with van der Waals surface area (Å²) in [5.41, 5.74) is 0.408. The summed E-state index contributed by atoms with van der Waals surface area (Å²) in [6, 6.07) is 1.66. The summed E-state index contributed by atoms with van der Waals surface area (Å²) in [5.74, 6) is 0.693. The lowest BCUT2D eigenvalue weighted by Crippen LogP contribution is -2.58. The molecule has 0 amide bonds. The number of thioether (sulfide) groups is 1. The number of fused-ring (bicyclic) bond motifs is 3. The van der Waals surface area contributed by atoms with Crippen LogP contribution in [0.1, 0.15) is 39.5 Å². The quantitative estimate of drug-likeness (QED) is 0.599. The molecule has 1 aliphatic carbocycles. The highest BCUT2D eigenvalue weighted by molar-refractivity contribution is 8.00. The van der Waals surface area contributed by atoms with Gasteiger partial charge in [0, 0.05) is 23.4 Å². The number of aliphatic hydroxyl groups excluding tert-OH is 1. The summed E-state index contributed by atoms with van der Waals surface area (Å²) < 4.78 is 0. The molecule has 4 N–H and O–H groups in total. The van der Waals surface area contributed by atoms with Crippen LogP contribution in [0, 0.1) is 5.92 Å². The van der Waals surface area contributed by atoms with Crippen molar-refractivity contribution in [2.24, 2.45) is 5.92 Å². The first-order valence-corrected chi connectivity index (χ1v) is 8.19. The zero-order chi connectivity index (χ0) is 12.7. The molecule has 1 saturated carbocycles. The fraction of sp³-hybridized carbons (Fsp3) is 1.00. The van der Waals surface area contributed by atoms with Crippen LogP contribution < -0.4 is 16.0 Å². The summed E-state index contributed by atoms with van der Waals surface area (Å²) in [7, 11) is 0. The zero-order valence-electron chi connectivity index (χ0n) is 11.2. The average molecular weight is 271 g/mol. The first-order valence-electron chi connectivity index (χ1n) is 7.25. The zero-order valence-corrected chi connectivity index (χ0v) is 12.0. The van der Waals surface area contributed by atoms with Gasteiger partial charge in [-0.05, 0) is 45.4 Å². The van der Waals surface area contributed by atoms with Crippen LogP contribution in [-0.4, -0.2) is 40.2 Å². The number of hydrogen-bond acceptors (Lipinski definition) is 5. The Morgan fingerprint density at radius 2 is 2.00 bits per heavy atom. The third-order valence-corrected chi connectivity index (χ3v) is 5.88. The minimum Gasteiger partial charge on any atom is -0.379 e. The topological polar surface area (TPSA) is 56.3 Å². The van der Waals surface area contributed by atoms with E-state index in [1.807, 2.05) is 0 Å². The molecule has 104 valence electrons. The molecule has 6 unspecified atom stereocenters. The van der Waals surface area contributed by atoms with E-state index in [9.17, 15) is 5.11 Å². The van der Waals surface area contributed by atoms with Crippen molar-refractivity contribution in [3.05, 3.63) is 0 Å². The molecule has 4 nitrogen and oxygen atoms in total. The Balaban J connectivity index is 1.64. The summed E-state index contributed by atoms with van der Waals surface area (Å²) in [5, 5.41) is 21.2. The molecule has 0 aromatic rings. The minimum atomic E-state index is -0.276. The van der Waals surface area contributed by atoms with Crippen molar-refractivity contribution in [3.8, 4) is 0 Å². The van der Waals surface area contributed by atoms with Gasteiger partial charge in [-0.15, -0.1) is 11.8 Å². The number of hydrogen-bond donors (Lipinski definition) is 4. The maximum atomic E-state index is 9.71. The van der Waals surface area contributed by atoms with E-state index in [2.05, 4.69) is 41.6 Å². The van der Waals surface area contributed by atoms with Crippen LogP contribution in [0.15, 0.2) is 0 Å². The molecule has 0 radical (unpaired) electrons. The van der Waals surface area contributed by atoms with Gasteiger partial charge in [0.05, 0.1) is 0 Å². The summed E-state index contributed by atoms with van der Waals surface area (Å²) >= 11 is 2.07. The highest BCUT2D eigenvalue weighted by atomic mass is 32.2. The molecule has 5 heteroatoms. The van der Waals surface area contributed by atoms with Crippen molar-refractivity contribution in [1.82, 2.24) is 16.0 Å². The molecule has 0 aromatic carbocycles. The predicted molar refractivity (Wildman–Crippen MR) is 75.3 cm³/mol. The molecule has 3 rings (SSSR count). The molecule has 0 aromatic heterocycles. The standard InChI is InChI=1S/C13H25N3OS/c1-7(2)14-13-16-12-8-3-6-11(17)15-9(8)4-5-10(12)18-13/h7-17H,3-6H2,1-2H3. The number of rotatable bonds is 2. The van der Waals surface area contributed by atoms with E-state index in [0.717, 1.165) is 18.1 Å². The van der Waals surface area contributed by atoms with E-state index in [0.29, 0.717) is 29.5 Å². The molecule has 2 saturated heterocycles. The number of nitrogens with one attached hydrogen (secondary N) is 3. The molecule has 3 aliphatic rings. The van der Waals surface area contributed by atoms with E-state index >= 15 is 0 Å². The van der Waals surface area contributed by atoms with Crippen molar-refractivity contribution in [3.63, 3.8) is 0 Å². The second kappa shape index (κ2) is 5.29. The average Bonchev–Trinajstić information content (AvgIpc) is 2.70. The van der Waals surface area contributed by atoms with Crippen molar-refractivity contribution in [2.75, 3.05) is 0 Å². The predicted octanol–water partition coefficient (Wildman–Crippen LogP) is 0.822. The Bertz CT molecular complexity index is 302. The largest absolute Gasteiger partial charge is 0.379 e. The minimum absolute atomic E-state index is 0.276. The molecule has 0 bridgehead atoms. The van der Waals surface area contributed by atoms with Gasteiger partial charge in [-0.1, -0.05) is 0 Å². The number of aliphatic hydroxyl groups is 1. The first kappa shape index (κ1) is 13.2. The third-order valence-electron chi connectivity index (χ3n) is 4.46. The monoisotopic (exact) mass is 271 g/mol. The summed E-state index contributed by atoms with van der Waals surface area (Å²) in [6.07, 6.45) is 4.26. The van der Waals surface area contributed by atoms with Crippen LogP contribution >= 0.6 is 11.8 Å². The van der Waals surface area contributed by atoms with E-state index < -0.39 is 0 Å². The SMILES string of the molecule is CC(C)NC1NC2C(CCC3NC(O)CCC32)S1. The normalized spacial score (nSPS) is 48.0. The maximum absolute atomic E-state index is 9.71. The Labute approximate surface area is 114 Å². The molecular formula is C13H25N3OS. The molecule has 2 heterocycles. The number of piperidine rings is 1. The lowest BCUT2D eigenvalue weighted by Gasteiger charge is -2.44. The molecule has 2 aliphatic heterocycles. The lowest BCUT2D eigenvalue weighted by molar-refractivity contribution is 0.0347. The van der Waals surface area contributed by atoms with Gasteiger partial charge >= 0.3 is 0 Å². The second-order valence-corrected chi connectivity index (χ2v) is 7.52. The van der Waals surface area contributed by atoms with Gasteiger partial charge in [-0.2, -0.15) is 0 Å². The Morgan fingerprint density at radius 1 is 1.17 bits per heavy atom. The van der Waals surface area contributed by atoms with Crippen LogP contribution in [0.25, 0.3) is 0 Å². The highest BCUT2D eigenvalue weighted by Crippen LogP contribution is 2.42. The fourth-order valence-corrected chi connectivity index (χ4v) is 5.35. The van der Waals surface area contributed by atoms with Crippen LogP contribution in [0.5, 0.6) is 0 Å². The van der Waals surface area contributed by atoms with Crippen molar-refractivity contribution in [1.29, 1.82) is 0 Å². The van der Waals surface area contributed by atoms with Crippen molar-refractivity contribution in [2.45, 2.75) is 74.6 Å². The summed E-state index contributed by atoms with van der Waals surface area (Å²) in [4.78, 5) is 0. The van der Waals surface area contributed by atoms with Gasteiger partial charge < -0.3 is 5.11 Å². The van der Waals surface area contributed by atoms with Gasteiger partial charge in [0.1, 0.15) is 11.7 Å². The Morgan fingerprint density at radius 3 is 2.78 bits per heavy atom. The highest BCUT2D eigenvalue weighted by Gasteiger charge is 2.46. The van der Waals surface area contributed by atoms with E-state index in [4.69, 9.17) is 0 Å². The van der Waals surface area contributed by atoms with Gasteiger partial charge in [0.25, 0.3) is 0 Å². The second-order valence-electron chi connectivity index (χ2n) is 6.18. The van der Waals surface area contributed by atoms with E-state index in [-0.39, 0.29) is 6.23 Å². The van der Waals surface area contributed by atoms with Gasteiger partial charge in [-0.3, -0.25) is 16.0 Å². The Hall–Kier alpha value is 0.190. The maximum Gasteiger partial charge on any atom is 0.106 e. The van der Waals surface area contributed by atoms with Crippen molar-refractivity contribution < 1.29 is 5.11 Å². The molecular weight excluding hydrogens is 246 g/mol. The van der Waals surface area contributed by atoms with Gasteiger partial charge in [0.2, 0.25) is 0 Å². The van der Waals surface area contributed by atoms with Crippen molar-refractivity contribution >= 4 is 11.8 Å². The molecule has 18 heavy (non-hydrogen) atoms. The molecule has 6 atom stereocenters. The van der Waals surface area contributed by atoms with Crippen LogP contribution in [0.4, 0.5) is 0 Å². The summed E-state index contributed by atoms with van der Waals surface area (Å²) in [6.45, 7) is 4.40. The fourth-order valence-electron chi connectivity index (χ4n) is 3.69. The van der Waals surface area contributed by atoms with E-state index in [1.54, 1.807) is 0 Å². The molecule has 0 spiro atoms. The lowest BCUT2D eigenvalue weighted by atomic mass is 9.75. The van der Waals surface area contributed by atoms with Crippen LogP contribution in [-0.2, 0) is 0 Å².